The van der Waals surface area contributed by atoms with Crippen LogP contribution in [0.2, 0.25) is 0 Å². The van der Waals surface area contributed by atoms with Crippen LogP contribution in [0.1, 0.15) is 40.5 Å². The lowest BCUT2D eigenvalue weighted by atomic mass is 9.92. The number of rotatable bonds is 4. The number of halogens is 1. The smallest absolute Gasteiger partial charge is 0.410 e. The van der Waals surface area contributed by atoms with Crippen LogP contribution in [0.15, 0.2) is 11.6 Å². The lowest BCUT2D eigenvalue weighted by molar-refractivity contribution is 0.0149. The van der Waals surface area contributed by atoms with Crippen molar-refractivity contribution in [3.05, 3.63) is 11.6 Å². The van der Waals surface area contributed by atoms with Crippen molar-refractivity contribution in [2.45, 2.75) is 52.2 Å². The summed E-state index contributed by atoms with van der Waals surface area (Å²) in [6, 6.07) is 0.302. The zero-order chi connectivity index (χ0) is 15.3. The van der Waals surface area contributed by atoms with Crippen LogP contribution < -0.4 is 5.32 Å². The van der Waals surface area contributed by atoms with E-state index in [0.29, 0.717) is 23.5 Å². The molecule has 1 aliphatic heterocycles. The molecule has 20 heavy (non-hydrogen) atoms. The third kappa shape index (κ3) is 6.14. The van der Waals surface area contributed by atoms with Crippen LogP contribution >= 0.6 is 11.6 Å². The summed E-state index contributed by atoms with van der Waals surface area (Å²) in [5.74, 6) is 0.423. The molecule has 2 unspecified atom stereocenters. The molecule has 5 heteroatoms. The third-order valence-electron chi connectivity index (χ3n) is 3.43. The number of carbonyl (C=O) groups is 1. The van der Waals surface area contributed by atoms with Gasteiger partial charge in [-0.2, -0.15) is 0 Å². The van der Waals surface area contributed by atoms with Crippen molar-refractivity contribution in [3.8, 4) is 0 Å². The van der Waals surface area contributed by atoms with Gasteiger partial charge in [0.25, 0.3) is 0 Å². The predicted octanol–water partition coefficient (Wildman–Crippen LogP) is 3.36. The van der Waals surface area contributed by atoms with Gasteiger partial charge in [0.15, 0.2) is 0 Å². The Labute approximate surface area is 127 Å². The van der Waals surface area contributed by atoms with Crippen LogP contribution in [-0.2, 0) is 4.74 Å². The molecule has 1 N–H and O–H groups in total. The highest BCUT2D eigenvalue weighted by atomic mass is 35.5. The molecule has 0 bridgehead atoms. The molecule has 0 aromatic rings. The summed E-state index contributed by atoms with van der Waals surface area (Å²) in [6.07, 6.45) is 1.91. The fourth-order valence-electron chi connectivity index (χ4n) is 2.35. The zero-order valence-corrected chi connectivity index (χ0v) is 13.8. The molecule has 116 valence electrons. The van der Waals surface area contributed by atoms with Gasteiger partial charge in [-0.15, -0.1) is 0 Å². The maximum Gasteiger partial charge on any atom is 0.410 e. The van der Waals surface area contributed by atoms with Gasteiger partial charge in [0.1, 0.15) is 5.60 Å². The highest BCUT2D eigenvalue weighted by Gasteiger charge is 2.29. The van der Waals surface area contributed by atoms with Gasteiger partial charge in [-0.3, -0.25) is 0 Å². The van der Waals surface area contributed by atoms with Crippen molar-refractivity contribution in [2.24, 2.45) is 5.92 Å². The summed E-state index contributed by atoms with van der Waals surface area (Å²) in [4.78, 5) is 13.9. The molecule has 0 radical (unpaired) electrons. The van der Waals surface area contributed by atoms with E-state index in [-0.39, 0.29) is 6.09 Å². The van der Waals surface area contributed by atoms with E-state index < -0.39 is 5.60 Å². The first kappa shape index (κ1) is 17.3. The second-order valence-electron chi connectivity index (χ2n) is 6.52. The van der Waals surface area contributed by atoms with Gasteiger partial charge in [0.2, 0.25) is 0 Å². The van der Waals surface area contributed by atoms with E-state index in [1.807, 2.05) is 25.7 Å². The van der Waals surface area contributed by atoms with Gasteiger partial charge >= 0.3 is 6.09 Å². The second-order valence-corrected chi connectivity index (χ2v) is 7.05. The van der Waals surface area contributed by atoms with Crippen LogP contribution in [-0.4, -0.2) is 42.3 Å². The molecule has 1 fully saturated rings. The summed E-state index contributed by atoms with van der Waals surface area (Å²) in [7, 11) is 0. The molecule has 1 saturated heterocycles. The lowest BCUT2D eigenvalue weighted by Crippen LogP contribution is -2.48. The van der Waals surface area contributed by atoms with Crippen LogP contribution in [0.5, 0.6) is 0 Å². The summed E-state index contributed by atoms with van der Waals surface area (Å²) >= 11 is 5.77. The van der Waals surface area contributed by atoms with Crippen molar-refractivity contribution in [3.63, 3.8) is 0 Å². The minimum atomic E-state index is -0.440. The standard InChI is InChI=1S/C15H27ClN2O2/c1-11(16)9-17-12(2)13-7-6-8-18(10-13)14(19)20-15(3,4)5/h12-13,17H,1,6-10H2,2-5H3. The quantitative estimate of drug-likeness (QED) is 0.866. The fourth-order valence-corrected chi connectivity index (χ4v) is 2.43. The van der Waals surface area contributed by atoms with Gasteiger partial charge in [-0.05, 0) is 46.5 Å². The largest absolute Gasteiger partial charge is 0.444 e. The van der Waals surface area contributed by atoms with Gasteiger partial charge < -0.3 is 15.0 Å². The van der Waals surface area contributed by atoms with E-state index in [0.717, 1.165) is 25.9 Å². The highest BCUT2D eigenvalue weighted by Crippen LogP contribution is 2.22. The van der Waals surface area contributed by atoms with E-state index in [4.69, 9.17) is 16.3 Å². The minimum Gasteiger partial charge on any atom is -0.444 e. The first-order chi connectivity index (χ1) is 9.19. The van der Waals surface area contributed by atoms with Crippen LogP contribution in [0.25, 0.3) is 0 Å². The van der Waals surface area contributed by atoms with Crippen molar-refractivity contribution in [1.29, 1.82) is 0 Å². The Morgan fingerprint density at radius 1 is 1.55 bits per heavy atom. The third-order valence-corrected chi connectivity index (χ3v) is 3.57. The van der Waals surface area contributed by atoms with Crippen molar-refractivity contribution >= 4 is 17.7 Å². The van der Waals surface area contributed by atoms with Crippen LogP contribution in [0.3, 0.4) is 0 Å². The molecule has 0 saturated carbocycles. The maximum absolute atomic E-state index is 12.1. The fraction of sp³-hybridized carbons (Fsp3) is 0.800. The molecule has 0 aromatic heterocycles. The molecule has 1 amide bonds. The number of nitrogens with one attached hydrogen (secondary N) is 1. The number of hydrogen-bond acceptors (Lipinski definition) is 3. The molecular weight excluding hydrogens is 276 g/mol. The Kier molecular flexibility index (Phi) is 6.34. The summed E-state index contributed by atoms with van der Waals surface area (Å²) in [5.41, 5.74) is -0.440. The number of carbonyl (C=O) groups excluding carboxylic acids is 1. The molecule has 1 heterocycles. The van der Waals surface area contributed by atoms with Crippen molar-refractivity contribution in [1.82, 2.24) is 10.2 Å². The van der Waals surface area contributed by atoms with E-state index in [2.05, 4.69) is 18.8 Å². The van der Waals surface area contributed by atoms with E-state index in [9.17, 15) is 4.79 Å². The average Bonchev–Trinajstić information content (AvgIpc) is 2.34. The summed E-state index contributed by atoms with van der Waals surface area (Å²) in [6.45, 7) is 13.6. The SMILES string of the molecule is C=C(Cl)CNC(C)C1CCCN(C(=O)OC(C)(C)C)C1. The predicted molar refractivity (Wildman–Crippen MR) is 83.0 cm³/mol. The molecule has 1 aliphatic rings. The topological polar surface area (TPSA) is 41.6 Å². The molecule has 1 rings (SSSR count). The first-order valence-electron chi connectivity index (χ1n) is 7.23. The van der Waals surface area contributed by atoms with E-state index >= 15 is 0 Å². The van der Waals surface area contributed by atoms with Gasteiger partial charge in [0, 0.05) is 30.7 Å². The number of amides is 1. The van der Waals surface area contributed by atoms with Crippen LogP contribution in [0, 0.1) is 5.92 Å². The maximum atomic E-state index is 12.1. The number of piperidine rings is 1. The van der Waals surface area contributed by atoms with Gasteiger partial charge in [0.05, 0.1) is 0 Å². The second kappa shape index (κ2) is 7.32. The first-order valence-corrected chi connectivity index (χ1v) is 7.61. The Morgan fingerprint density at radius 2 is 2.20 bits per heavy atom. The Bertz CT molecular complexity index is 352. The molecule has 0 aliphatic carbocycles. The number of hydrogen-bond donors (Lipinski definition) is 1. The van der Waals surface area contributed by atoms with Crippen molar-refractivity contribution < 1.29 is 9.53 Å². The van der Waals surface area contributed by atoms with E-state index in [1.54, 1.807) is 0 Å². The molecule has 4 nitrogen and oxygen atoms in total. The average molecular weight is 303 g/mol. The van der Waals surface area contributed by atoms with Gasteiger partial charge in [-0.1, -0.05) is 18.2 Å². The zero-order valence-electron chi connectivity index (χ0n) is 13.0. The molecule has 2 atom stereocenters. The molecular formula is C15H27ClN2O2. The normalized spacial score (nSPS) is 21.4. The monoisotopic (exact) mass is 302 g/mol. The highest BCUT2D eigenvalue weighted by molar-refractivity contribution is 6.29. The number of nitrogens with zero attached hydrogens (tertiary/aromatic N) is 1. The number of ether oxygens (including phenoxy) is 1. The summed E-state index contributed by atoms with van der Waals surface area (Å²) in [5, 5.41) is 3.96. The van der Waals surface area contributed by atoms with Crippen molar-refractivity contribution in [2.75, 3.05) is 19.6 Å². The van der Waals surface area contributed by atoms with Crippen LogP contribution in [0.4, 0.5) is 4.79 Å². The summed E-state index contributed by atoms with van der Waals surface area (Å²) < 4.78 is 5.43. The number of likely N-dealkylation sites (tertiary alicyclic amines) is 1. The Hall–Kier alpha value is -0.740. The molecule has 0 spiro atoms. The minimum absolute atomic E-state index is 0.212. The van der Waals surface area contributed by atoms with Gasteiger partial charge in [-0.25, -0.2) is 4.79 Å². The van der Waals surface area contributed by atoms with E-state index in [1.165, 1.54) is 0 Å². The Balaban J connectivity index is 2.49. The molecule has 0 aromatic carbocycles. The Morgan fingerprint density at radius 3 is 2.75 bits per heavy atom. The lowest BCUT2D eigenvalue weighted by Gasteiger charge is -2.36.